The molecular weight excluding hydrogens is 516 g/mol. The zero-order valence-electron chi connectivity index (χ0n) is 21.4. The van der Waals surface area contributed by atoms with Crippen molar-refractivity contribution in [1.29, 1.82) is 5.26 Å². The summed E-state index contributed by atoms with van der Waals surface area (Å²) in [5.74, 6) is -0.470. The van der Waals surface area contributed by atoms with Crippen LogP contribution in [-0.4, -0.2) is 39.5 Å². The lowest BCUT2D eigenvalue weighted by molar-refractivity contribution is 0.0941. The number of hydrogen-bond donors (Lipinski definition) is 2. The van der Waals surface area contributed by atoms with Crippen LogP contribution >= 0.6 is 11.6 Å². The maximum Gasteiger partial charge on any atom is 0.270 e. The molecule has 0 saturated heterocycles. The third kappa shape index (κ3) is 7.66. The van der Waals surface area contributed by atoms with E-state index in [-0.39, 0.29) is 17.9 Å². The van der Waals surface area contributed by atoms with Crippen molar-refractivity contribution in [3.8, 4) is 11.8 Å². The number of pyridine rings is 1. The molecule has 2 aromatic heterocycles. The molecule has 0 bridgehead atoms. The fraction of sp³-hybridized carbons (Fsp3) is 0.207. The Bertz CT molecular complexity index is 1490. The molecule has 0 atom stereocenters. The molecule has 0 saturated carbocycles. The SMILES string of the molecule is CCOc1cc(C(=O)NCCc2cncn2Cc2ccc(C#N)cc2)nc(C(=O)NCc2cccc(Cl)c2)c1. The zero-order chi connectivity index (χ0) is 27.6. The molecule has 4 rings (SSSR count). The molecule has 0 aliphatic heterocycles. The van der Waals surface area contributed by atoms with Gasteiger partial charge in [0.25, 0.3) is 11.8 Å². The van der Waals surface area contributed by atoms with Gasteiger partial charge < -0.3 is 19.9 Å². The molecule has 10 heteroatoms. The van der Waals surface area contributed by atoms with Crippen LogP contribution in [-0.2, 0) is 19.5 Å². The van der Waals surface area contributed by atoms with E-state index in [1.54, 1.807) is 42.9 Å². The number of halogens is 1. The summed E-state index contributed by atoms with van der Waals surface area (Å²) in [6, 6.07) is 19.7. The normalized spacial score (nSPS) is 10.5. The summed E-state index contributed by atoms with van der Waals surface area (Å²) >= 11 is 6.02. The van der Waals surface area contributed by atoms with Gasteiger partial charge >= 0.3 is 0 Å². The van der Waals surface area contributed by atoms with Gasteiger partial charge in [-0.3, -0.25) is 9.59 Å². The molecular formula is C29H27ClN6O3. The number of amides is 2. The van der Waals surface area contributed by atoms with E-state index >= 15 is 0 Å². The number of ether oxygens (including phenoxy) is 1. The van der Waals surface area contributed by atoms with Gasteiger partial charge in [-0.15, -0.1) is 0 Å². The van der Waals surface area contributed by atoms with Crippen molar-refractivity contribution in [3.05, 3.63) is 112 Å². The van der Waals surface area contributed by atoms with E-state index < -0.39 is 11.8 Å². The first kappa shape index (κ1) is 27.4. The minimum absolute atomic E-state index is 0.0774. The number of carbonyl (C=O) groups is 2. The lowest BCUT2D eigenvalue weighted by atomic mass is 10.1. The molecule has 0 spiro atoms. The number of imidazole rings is 1. The average molecular weight is 543 g/mol. The number of carbonyl (C=O) groups excluding carboxylic acids is 2. The van der Waals surface area contributed by atoms with Crippen molar-refractivity contribution >= 4 is 23.4 Å². The molecule has 0 radical (unpaired) electrons. The Morgan fingerprint density at radius 1 is 1.03 bits per heavy atom. The Morgan fingerprint density at radius 3 is 2.46 bits per heavy atom. The van der Waals surface area contributed by atoms with Crippen LogP contribution in [0.1, 0.15) is 50.3 Å². The monoisotopic (exact) mass is 542 g/mol. The number of benzene rings is 2. The van der Waals surface area contributed by atoms with Crippen LogP contribution in [0.5, 0.6) is 5.75 Å². The Balaban J connectivity index is 1.38. The third-order valence-electron chi connectivity index (χ3n) is 5.82. The molecule has 2 aromatic carbocycles. The van der Waals surface area contributed by atoms with E-state index in [0.29, 0.717) is 42.5 Å². The first-order chi connectivity index (χ1) is 18.9. The minimum atomic E-state index is -0.433. The highest BCUT2D eigenvalue weighted by Gasteiger charge is 2.16. The van der Waals surface area contributed by atoms with Crippen LogP contribution < -0.4 is 15.4 Å². The molecule has 2 amide bonds. The Kier molecular flexibility index (Phi) is 9.27. The number of hydrogen-bond acceptors (Lipinski definition) is 6. The summed E-state index contributed by atoms with van der Waals surface area (Å²) in [5, 5.41) is 15.2. The topological polar surface area (TPSA) is 122 Å². The highest BCUT2D eigenvalue weighted by Crippen LogP contribution is 2.16. The fourth-order valence-corrected chi connectivity index (χ4v) is 4.10. The maximum absolute atomic E-state index is 12.9. The van der Waals surface area contributed by atoms with Crippen LogP contribution in [0.25, 0.3) is 0 Å². The second-order valence-electron chi connectivity index (χ2n) is 8.65. The second kappa shape index (κ2) is 13.2. The Morgan fingerprint density at radius 2 is 1.77 bits per heavy atom. The molecule has 0 aliphatic rings. The van der Waals surface area contributed by atoms with E-state index in [1.807, 2.05) is 29.7 Å². The highest BCUT2D eigenvalue weighted by atomic mass is 35.5. The molecule has 0 aliphatic carbocycles. The number of nitrogens with one attached hydrogen (secondary N) is 2. The molecule has 4 aromatic rings. The first-order valence-electron chi connectivity index (χ1n) is 12.4. The predicted molar refractivity (Wildman–Crippen MR) is 147 cm³/mol. The van der Waals surface area contributed by atoms with Crippen LogP contribution in [0.2, 0.25) is 5.02 Å². The molecule has 0 unspecified atom stereocenters. The second-order valence-corrected chi connectivity index (χ2v) is 9.08. The summed E-state index contributed by atoms with van der Waals surface area (Å²) in [6.45, 7) is 3.39. The predicted octanol–water partition coefficient (Wildman–Crippen LogP) is 4.15. The number of nitrogens with zero attached hydrogens (tertiary/aromatic N) is 4. The van der Waals surface area contributed by atoms with E-state index in [2.05, 4.69) is 26.7 Å². The van der Waals surface area contributed by atoms with Crippen LogP contribution in [0.15, 0.2) is 73.2 Å². The summed E-state index contributed by atoms with van der Waals surface area (Å²) in [4.78, 5) is 34.3. The van der Waals surface area contributed by atoms with Crippen molar-refractivity contribution in [2.75, 3.05) is 13.2 Å². The van der Waals surface area contributed by atoms with Crippen molar-refractivity contribution in [2.45, 2.75) is 26.4 Å². The van der Waals surface area contributed by atoms with Crippen molar-refractivity contribution in [2.24, 2.45) is 0 Å². The Hall–Kier alpha value is -4.68. The van der Waals surface area contributed by atoms with E-state index in [4.69, 9.17) is 21.6 Å². The largest absolute Gasteiger partial charge is 0.494 e. The van der Waals surface area contributed by atoms with E-state index in [0.717, 1.165) is 16.8 Å². The first-order valence-corrected chi connectivity index (χ1v) is 12.8. The maximum atomic E-state index is 12.9. The van der Waals surface area contributed by atoms with Crippen molar-refractivity contribution in [1.82, 2.24) is 25.2 Å². The summed E-state index contributed by atoms with van der Waals surface area (Å²) in [5.41, 5.74) is 3.59. The molecule has 198 valence electrons. The van der Waals surface area contributed by atoms with Gasteiger partial charge in [-0.1, -0.05) is 35.9 Å². The quantitative estimate of drug-likeness (QED) is 0.293. The zero-order valence-corrected chi connectivity index (χ0v) is 22.1. The van der Waals surface area contributed by atoms with Gasteiger partial charge in [-0.05, 0) is 42.3 Å². The third-order valence-corrected chi connectivity index (χ3v) is 6.05. The van der Waals surface area contributed by atoms with Crippen LogP contribution in [0, 0.1) is 11.3 Å². The average Bonchev–Trinajstić information content (AvgIpc) is 3.38. The van der Waals surface area contributed by atoms with Gasteiger partial charge in [0, 0.05) is 55.1 Å². The standard InChI is InChI=1S/C29H27ClN6O3/c1-2-39-25-13-26(35-27(14-25)29(38)34-16-22-4-3-5-23(30)12-22)28(37)33-11-10-24-17-32-19-36(24)18-21-8-6-20(15-31)7-9-21/h3-9,12-14,17,19H,2,10-11,16,18H2,1H3,(H,33,37)(H,34,38). The lowest BCUT2D eigenvalue weighted by Gasteiger charge is -2.11. The molecule has 9 nitrogen and oxygen atoms in total. The van der Waals surface area contributed by atoms with E-state index in [1.165, 1.54) is 12.1 Å². The van der Waals surface area contributed by atoms with Crippen LogP contribution in [0.3, 0.4) is 0 Å². The van der Waals surface area contributed by atoms with Gasteiger partial charge in [0.1, 0.15) is 17.1 Å². The molecule has 2 heterocycles. The van der Waals surface area contributed by atoms with Gasteiger partial charge in [-0.2, -0.15) is 5.26 Å². The summed E-state index contributed by atoms with van der Waals surface area (Å²) in [6.07, 6.45) is 4.03. The van der Waals surface area contributed by atoms with Gasteiger partial charge in [0.15, 0.2) is 0 Å². The highest BCUT2D eigenvalue weighted by molar-refractivity contribution is 6.30. The summed E-state index contributed by atoms with van der Waals surface area (Å²) in [7, 11) is 0. The molecule has 2 N–H and O–H groups in total. The molecule has 0 fully saturated rings. The smallest absolute Gasteiger partial charge is 0.270 e. The number of rotatable bonds is 11. The van der Waals surface area contributed by atoms with Gasteiger partial charge in [0.05, 0.1) is 24.6 Å². The summed E-state index contributed by atoms with van der Waals surface area (Å²) < 4.78 is 7.56. The Labute approximate surface area is 231 Å². The fourth-order valence-electron chi connectivity index (χ4n) is 3.88. The van der Waals surface area contributed by atoms with Gasteiger partial charge in [0.2, 0.25) is 0 Å². The van der Waals surface area contributed by atoms with Crippen LogP contribution in [0.4, 0.5) is 0 Å². The van der Waals surface area contributed by atoms with Crippen molar-refractivity contribution in [3.63, 3.8) is 0 Å². The van der Waals surface area contributed by atoms with Crippen molar-refractivity contribution < 1.29 is 14.3 Å². The lowest BCUT2D eigenvalue weighted by Crippen LogP contribution is -2.29. The van der Waals surface area contributed by atoms with Gasteiger partial charge in [-0.25, -0.2) is 9.97 Å². The number of aromatic nitrogens is 3. The van der Waals surface area contributed by atoms with E-state index in [9.17, 15) is 9.59 Å². The minimum Gasteiger partial charge on any atom is -0.494 e. The number of nitriles is 1. The molecule has 39 heavy (non-hydrogen) atoms.